The van der Waals surface area contributed by atoms with Crippen molar-refractivity contribution in [1.29, 1.82) is 5.26 Å². The van der Waals surface area contributed by atoms with Crippen molar-refractivity contribution in [3.8, 4) is 29.1 Å². The lowest BCUT2D eigenvalue weighted by atomic mass is 10.1. The Morgan fingerprint density at radius 1 is 1.05 bits per heavy atom. The first-order valence-electron chi connectivity index (χ1n) is 12.5. The minimum Gasteiger partial charge on any atom is -0.497 e. The second-order valence-corrected chi connectivity index (χ2v) is 8.90. The van der Waals surface area contributed by atoms with Gasteiger partial charge >= 0.3 is 5.97 Å². The van der Waals surface area contributed by atoms with E-state index in [-0.39, 0.29) is 23.9 Å². The van der Waals surface area contributed by atoms with Crippen molar-refractivity contribution in [2.45, 2.75) is 12.8 Å². The molecule has 0 radical (unpaired) electrons. The molecule has 0 aliphatic heterocycles. The van der Waals surface area contributed by atoms with E-state index < -0.39 is 5.97 Å². The third-order valence-corrected chi connectivity index (χ3v) is 6.52. The quantitative estimate of drug-likeness (QED) is 0.151. The average Bonchev–Trinajstić information content (AvgIpc) is 3.31. The van der Waals surface area contributed by atoms with Crippen LogP contribution in [0.15, 0.2) is 85.1 Å². The molecule has 8 nitrogen and oxygen atoms in total. The first-order valence-corrected chi connectivity index (χ1v) is 13.0. The van der Waals surface area contributed by atoms with Crippen LogP contribution in [-0.2, 0) is 10.6 Å². The summed E-state index contributed by atoms with van der Waals surface area (Å²) in [7, 11) is 1.60. The Morgan fingerprint density at radius 3 is 2.48 bits per heavy atom. The van der Waals surface area contributed by atoms with Crippen LogP contribution in [0.1, 0.15) is 28.5 Å². The number of carbonyl (C=O) groups excluding carboxylic acids is 1. The van der Waals surface area contributed by atoms with Crippen molar-refractivity contribution in [2.75, 3.05) is 19.0 Å². The van der Waals surface area contributed by atoms with E-state index in [0.29, 0.717) is 33.8 Å². The number of pyridine rings is 1. The lowest BCUT2D eigenvalue weighted by Gasteiger charge is -2.12. The number of anilines is 2. The van der Waals surface area contributed by atoms with E-state index >= 15 is 0 Å². The van der Waals surface area contributed by atoms with Gasteiger partial charge in [-0.1, -0.05) is 18.2 Å². The number of halogens is 1. The van der Waals surface area contributed by atoms with Gasteiger partial charge in [-0.3, -0.25) is 0 Å². The number of fused-ring (bicyclic) bond motifs is 1. The topological polar surface area (TPSA) is 98.4 Å². The van der Waals surface area contributed by atoms with Crippen LogP contribution in [0.4, 0.5) is 11.4 Å². The minimum atomic E-state index is -0.488. The third-order valence-electron chi connectivity index (χ3n) is 6.27. The molecule has 5 aromatic rings. The normalized spacial score (nSPS) is 10.7. The first-order chi connectivity index (χ1) is 19.6. The van der Waals surface area contributed by atoms with Crippen LogP contribution in [0.3, 0.4) is 0 Å². The van der Waals surface area contributed by atoms with Crippen molar-refractivity contribution < 1.29 is 19.0 Å². The maximum atomic E-state index is 13.2. The molecule has 40 heavy (non-hydrogen) atoms. The van der Waals surface area contributed by atoms with Gasteiger partial charge in [0.15, 0.2) is 0 Å². The number of rotatable bonds is 9. The summed E-state index contributed by atoms with van der Waals surface area (Å²) < 4.78 is 18.7. The predicted octanol–water partition coefficient (Wildman–Crippen LogP) is 7.36. The number of esters is 1. The molecule has 0 fully saturated rings. The highest BCUT2D eigenvalue weighted by atomic mass is 35.5. The van der Waals surface area contributed by atoms with Crippen LogP contribution in [0.5, 0.6) is 17.4 Å². The number of methoxy groups -OCH3 is 1. The average molecular weight is 553 g/mol. The lowest BCUT2D eigenvalue weighted by Crippen LogP contribution is -2.08. The molecule has 0 unspecified atom stereocenters. The zero-order chi connectivity index (χ0) is 28.1. The molecule has 9 heteroatoms. The summed E-state index contributed by atoms with van der Waals surface area (Å²) in [5, 5.41) is 13.8. The molecule has 5 rings (SSSR count). The molecule has 1 N–H and O–H groups in total. The predicted molar refractivity (Wildman–Crippen MR) is 154 cm³/mol. The van der Waals surface area contributed by atoms with Crippen LogP contribution < -0.4 is 14.8 Å². The summed E-state index contributed by atoms with van der Waals surface area (Å²) in [5.74, 6) is 0.814. The van der Waals surface area contributed by atoms with Crippen LogP contribution in [0.2, 0.25) is 0 Å². The van der Waals surface area contributed by atoms with Gasteiger partial charge in [-0.2, -0.15) is 5.26 Å². The van der Waals surface area contributed by atoms with Crippen LogP contribution >= 0.6 is 11.6 Å². The molecule has 3 aromatic carbocycles. The van der Waals surface area contributed by atoms with Crippen LogP contribution in [-0.4, -0.2) is 29.2 Å². The molecule has 2 aromatic heterocycles. The number of alkyl halides is 1. The molecule has 0 saturated carbocycles. The number of nitriles is 1. The summed E-state index contributed by atoms with van der Waals surface area (Å²) in [6.45, 7) is 1.96. The smallest absolute Gasteiger partial charge is 0.340 e. The zero-order valence-electron chi connectivity index (χ0n) is 21.8. The molecule has 200 valence electrons. The van der Waals surface area contributed by atoms with Crippen molar-refractivity contribution in [3.05, 3.63) is 102 Å². The number of aromatic nitrogens is 2. The van der Waals surface area contributed by atoms with E-state index in [1.807, 2.05) is 65.2 Å². The van der Waals surface area contributed by atoms with E-state index in [0.717, 1.165) is 16.9 Å². The number of nitrogens with one attached hydrogen (secondary N) is 1. The van der Waals surface area contributed by atoms with Crippen molar-refractivity contribution in [3.63, 3.8) is 0 Å². The van der Waals surface area contributed by atoms with E-state index in [1.165, 1.54) is 0 Å². The van der Waals surface area contributed by atoms with Gasteiger partial charge in [0.2, 0.25) is 5.88 Å². The maximum Gasteiger partial charge on any atom is 0.340 e. The van der Waals surface area contributed by atoms with Gasteiger partial charge in [-0.15, -0.1) is 11.6 Å². The fourth-order valence-corrected chi connectivity index (χ4v) is 4.74. The standard InChI is InChI=1S/C31H25ClN4O4/c1-3-39-31(37)29-24-17-23(13-14-27(24)36(28(29)18-32)21-9-11-22(38-2)12-10-21)40-30-25(19-33)26(15-16-34-30)35-20-7-5-4-6-8-20/h4-17H,3,18H2,1-2H3,(H,34,35). The highest BCUT2D eigenvalue weighted by molar-refractivity contribution is 6.19. The van der Waals surface area contributed by atoms with Gasteiger partial charge in [0, 0.05) is 23.0 Å². The Labute approximate surface area is 236 Å². The molecular weight excluding hydrogens is 528 g/mol. The van der Waals surface area contributed by atoms with E-state index in [1.54, 1.807) is 38.4 Å². The Kier molecular flexibility index (Phi) is 7.85. The Balaban J connectivity index is 1.60. The van der Waals surface area contributed by atoms with Gasteiger partial charge in [0.1, 0.15) is 23.1 Å². The molecular formula is C31H25ClN4O4. The molecule has 2 heterocycles. The summed E-state index contributed by atoms with van der Waals surface area (Å²) in [6.07, 6.45) is 1.57. The summed E-state index contributed by atoms with van der Waals surface area (Å²) in [6, 6.07) is 26.2. The Bertz CT molecular complexity index is 1710. The summed E-state index contributed by atoms with van der Waals surface area (Å²) in [5.41, 5.74) is 4.10. The highest BCUT2D eigenvalue weighted by Gasteiger charge is 2.25. The van der Waals surface area contributed by atoms with Gasteiger partial charge in [0.25, 0.3) is 0 Å². The van der Waals surface area contributed by atoms with Crippen molar-refractivity contribution in [1.82, 2.24) is 9.55 Å². The minimum absolute atomic E-state index is 0.0678. The van der Waals surface area contributed by atoms with Gasteiger partial charge in [-0.25, -0.2) is 9.78 Å². The van der Waals surface area contributed by atoms with Crippen molar-refractivity contribution >= 4 is 39.8 Å². The second kappa shape index (κ2) is 11.8. The SMILES string of the molecule is CCOC(=O)c1c(CCl)n(-c2ccc(OC)cc2)c2ccc(Oc3nccc(Nc4ccccc4)c3C#N)cc12. The monoisotopic (exact) mass is 552 g/mol. The van der Waals surface area contributed by atoms with E-state index in [4.69, 9.17) is 25.8 Å². The van der Waals surface area contributed by atoms with Gasteiger partial charge < -0.3 is 24.1 Å². The summed E-state index contributed by atoms with van der Waals surface area (Å²) in [4.78, 5) is 17.5. The number of hydrogen-bond acceptors (Lipinski definition) is 7. The third kappa shape index (κ3) is 5.15. The number of carbonyl (C=O) groups is 1. The van der Waals surface area contributed by atoms with Crippen LogP contribution in [0.25, 0.3) is 16.6 Å². The zero-order valence-corrected chi connectivity index (χ0v) is 22.6. The molecule has 0 spiro atoms. The van der Waals surface area contributed by atoms with Crippen molar-refractivity contribution in [2.24, 2.45) is 0 Å². The highest BCUT2D eigenvalue weighted by Crippen LogP contribution is 2.36. The number of para-hydroxylation sites is 1. The molecule has 0 bridgehead atoms. The number of hydrogen-bond donors (Lipinski definition) is 1. The molecule has 0 aliphatic rings. The largest absolute Gasteiger partial charge is 0.497 e. The Morgan fingerprint density at radius 2 is 1.80 bits per heavy atom. The lowest BCUT2D eigenvalue weighted by molar-refractivity contribution is 0.0527. The maximum absolute atomic E-state index is 13.2. The van der Waals surface area contributed by atoms with E-state index in [9.17, 15) is 10.1 Å². The summed E-state index contributed by atoms with van der Waals surface area (Å²) >= 11 is 6.42. The second-order valence-electron chi connectivity index (χ2n) is 8.63. The molecule has 0 saturated heterocycles. The molecule has 0 amide bonds. The van der Waals surface area contributed by atoms with E-state index in [2.05, 4.69) is 16.4 Å². The number of ether oxygens (including phenoxy) is 3. The number of benzene rings is 3. The van der Waals surface area contributed by atoms with Gasteiger partial charge in [0.05, 0.1) is 42.1 Å². The number of nitrogens with zero attached hydrogens (tertiary/aromatic N) is 3. The molecule has 0 aliphatic carbocycles. The first kappa shape index (κ1) is 26.6. The molecule has 0 atom stereocenters. The fraction of sp³-hybridized carbons (Fsp3) is 0.129. The fourth-order valence-electron chi connectivity index (χ4n) is 4.49. The van der Waals surface area contributed by atoms with Crippen LogP contribution in [0, 0.1) is 11.3 Å². The Hall–Kier alpha value is -5.00. The van der Waals surface area contributed by atoms with Gasteiger partial charge in [-0.05, 0) is 67.6 Å².